The highest BCUT2D eigenvalue weighted by molar-refractivity contribution is 5.73. The summed E-state index contributed by atoms with van der Waals surface area (Å²) in [5, 5.41) is 0. The average molecular weight is 268 g/mol. The summed E-state index contributed by atoms with van der Waals surface area (Å²) in [4.78, 5) is 18.0. The quantitative estimate of drug-likeness (QED) is 0.820. The number of urea groups is 1. The van der Waals surface area contributed by atoms with Gasteiger partial charge in [-0.25, -0.2) is 4.79 Å². The van der Waals surface area contributed by atoms with Gasteiger partial charge in [0.25, 0.3) is 0 Å². The summed E-state index contributed by atoms with van der Waals surface area (Å²) in [6.07, 6.45) is 4.81. The summed E-state index contributed by atoms with van der Waals surface area (Å²) in [6.45, 7) is 2.50. The molecule has 1 aliphatic carbocycles. The molecule has 2 N–H and O–H groups in total. The van der Waals surface area contributed by atoms with Crippen LogP contribution in [0.3, 0.4) is 0 Å². The van der Waals surface area contributed by atoms with Gasteiger partial charge in [-0.2, -0.15) is 0 Å². The van der Waals surface area contributed by atoms with E-state index in [1.807, 2.05) is 19.0 Å². The van der Waals surface area contributed by atoms with Gasteiger partial charge in [0.15, 0.2) is 0 Å². The van der Waals surface area contributed by atoms with Crippen molar-refractivity contribution >= 4 is 6.03 Å². The largest absolute Gasteiger partial charge is 0.331 e. The first-order valence-electron chi connectivity index (χ1n) is 7.42. The molecule has 5 heteroatoms. The molecule has 1 saturated carbocycles. The molecular formula is C14H28N4O. The topological polar surface area (TPSA) is 52.8 Å². The van der Waals surface area contributed by atoms with Crippen LogP contribution in [0, 0.1) is 5.92 Å². The monoisotopic (exact) mass is 268 g/mol. The summed E-state index contributed by atoms with van der Waals surface area (Å²) in [5.74, 6) is 0.816. The Hall–Kier alpha value is -0.810. The highest BCUT2D eigenvalue weighted by Gasteiger charge is 2.36. The molecule has 0 aromatic rings. The molecular weight excluding hydrogens is 240 g/mol. The van der Waals surface area contributed by atoms with Crippen molar-refractivity contribution in [3.05, 3.63) is 0 Å². The molecule has 1 unspecified atom stereocenters. The van der Waals surface area contributed by atoms with E-state index in [1.165, 1.54) is 12.8 Å². The smallest absolute Gasteiger partial charge is 0.319 e. The van der Waals surface area contributed by atoms with Crippen molar-refractivity contribution in [2.75, 3.05) is 40.8 Å². The van der Waals surface area contributed by atoms with E-state index in [1.54, 1.807) is 4.90 Å². The predicted octanol–water partition coefficient (Wildman–Crippen LogP) is 0.802. The van der Waals surface area contributed by atoms with Crippen LogP contribution in [-0.4, -0.2) is 73.6 Å². The molecule has 1 heterocycles. The Morgan fingerprint density at radius 3 is 2.21 bits per heavy atom. The summed E-state index contributed by atoms with van der Waals surface area (Å²) in [6, 6.07) is 1.26. The van der Waals surface area contributed by atoms with Crippen LogP contribution in [0.4, 0.5) is 4.79 Å². The fraction of sp³-hybridized carbons (Fsp3) is 0.929. The lowest BCUT2D eigenvalue weighted by atomic mass is 10.0. The van der Waals surface area contributed by atoms with E-state index in [2.05, 4.69) is 11.9 Å². The molecule has 5 nitrogen and oxygen atoms in total. The first kappa shape index (κ1) is 14.6. The maximum absolute atomic E-state index is 11.9. The second-order valence-corrected chi connectivity index (χ2v) is 6.20. The Kier molecular flexibility index (Phi) is 4.68. The Balaban J connectivity index is 1.83. The van der Waals surface area contributed by atoms with Gasteiger partial charge < -0.3 is 15.5 Å². The number of amides is 2. The zero-order valence-electron chi connectivity index (χ0n) is 12.5. The summed E-state index contributed by atoms with van der Waals surface area (Å²) >= 11 is 0. The number of rotatable bonds is 4. The highest BCUT2D eigenvalue weighted by Crippen LogP contribution is 2.36. The summed E-state index contributed by atoms with van der Waals surface area (Å²) in [7, 11) is 5.85. The van der Waals surface area contributed by atoms with Gasteiger partial charge in [0.2, 0.25) is 0 Å². The SMILES string of the molecule is CN(C)C(=O)N1CCC(N(C)C(CN)C2CC2)CC1. The molecule has 2 rings (SSSR count). The zero-order valence-corrected chi connectivity index (χ0v) is 12.5. The van der Waals surface area contributed by atoms with Crippen molar-refractivity contribution in [2.45, 2.75) is 37.8 Å². The molecule has 0 aromatic heterocycles. The Morgan fingerprint density at radius 2 is 1.79 bits per heavy atom. The van der Waals surface area contributed by atoms with Crippen LogP contribution in [0.15, 0.2) is 0 Å². The lowest BCUT2D eigenvalue weighted by Gasteiger charge is -2.40. The molecule has 19 heavy (non-hydrogen) atoms. The van der Waals surface area contributed by atoms with Gasteiger partial charge in [-0.1, -0.05) is 0 Å². The predicted molar refractivity (Wildman–Crippen MR) is 77.0 cm³/mol. The minimum Gasteiger partial charge on any atom is -0.331 e. The van der Waals surface area contributed by atoms with Crippen LogP contribution >= 0.6 is 0 Å². The second kappa shape index (κ2) is 6.09. The first-order valence-corrected chi connectivity index (χ1v) is 7.42. The van der Waals surface area contributed by atoms with E-state index >= 15 is 0 Å². The number of hydrogen-bond donors (Lipinski definition) is 1. The zero-order chi connectivity index (χ0) is 14.0. The van der Waals surface area contributed by atoms with Gasteiger partial charge >= 0.3 is 6.03 Å². The molecule has 2 amide bonds. The molecule has 110 valence electrons. The van der Waals surface area contributed by atoms with Gasteiger partial charge in [-0.3, -0.25) is 4.90 Å². The van der Waals surface area contributed by atoms with Crippen molar-refractivity contribution < 1.29 is 4.79 Å². The summed E-state index contributed by atoms with van der Waals surface area (Å²) in [5.41, 5.74) is 5.92. The molecule has 2 aliphatic rings. The number of carbonyl (C=O) groups excluding carboxylic acids is 1. The number of likely N-dealkylation sites (N-methyl/N-ethyl adjacent to an activating group) is 1. The van der Waals surface area contributed by atoms with Crippen LogP contribution < -0.4 is 5.73 Å². The maximum Gasteiger partial charge on any atom is 0.319 e. The fourth-order valence-corrected chi connectivity index (χ4v) is 3.19. The number of likely N-dealkylation sites (tertiary alicyclic amines) is 1. The number of carbonyl (C=O) groups is 1. The second-order valence-electron chi connectivity index (χ2n) is 6.20. The van der Waals surface area contributed by atoms with Crippen molar-refractivity contribution in [2.24, 2.45) is 11.7 Å². The van der Waals surface area contributed by atoms with Gasteiger partial charge in [0.05, 0.1) is 0 Å². The van der Waals surface area contributed by atoms with Gasteiger partial charge in [0, 0.05) is 45.8 Å². The Morgan fingerprint density at radius 1 is 1.21 bits per heavy atom. The van der Waals surface area contributed by atoms with Crippen molar-refractivity contribution in [3.8, 4) is 0 Å². The molecule has 1 saturated heterocycles. The molecule has 0 aromatic carbocycles. The Labute approximate surface area is 116 Å². The number of nitrogens with zero attached hydrogens (tertiary/aromatic N) is 3. The lowest BCUT2D eigenvalue weighted by molar-refractivity contribution is 0.0922. The van der Waals surface area contributed by atoms with Gasteiger partial charge in [-0.05, 0) is 38.6 Å². The molecule has 0 spiro atoms. The molecule has 1 atom stereocenters. The van der Waals surface area contributed by atoms with Crippen LogP contribution in [0.5, 0.6) is 0 Å². The normalized spacial score (nSPS) is 22.7. The van der Waals surface area contributed by atoms with E-state index in [4.69, 9.17) is 5.73 Å². The van der Waals surface area contributed by atoms with Gasteiger partial charge in [0.1, 0.15) is 0 Å². The molecule has 0 radical (unpaired) electrons. The third-order valence-electron chi connectivity index (χ3n) is 4.62. The van der Waals surface area contributed by atoms with Crippen molar-refractivity contribution in [3.63, 3.8) is 0 Å². The minimum absolute atomic E-state index is 0.138. The standard InChI is InChI=1S/C14H28N4O/c1-16(2)14(19)18-8-6-12(7-9-18)17(3)13(10-15)11-4-5-11/h11-13H,4-10,15H2,1-3H3. The highest BCUT2D eigenvalue weighted by atomic mass is 16.2. The third-order valence-corrected chi connectivity index (χ3v) is 4.62. The van der Waals surface area contributed by atoms with E-state index in [0.29, 0.717) is 12.1 Å². The number of hydrogen-bond acceptors (Lipinski definition) is 3. The van der Waals surface area contributed by atoms with E-state index in [0.717, 1.165) is 38.4 Å². The number of piperidine rings is 1. The van der Waals surface area contributed by atoms with Crippen LogP contribution in [0.2, 0.25) is 0 Å². The third kappa shape index (κ3) is 3.39. The molecule has 2 fully saturated rings. The minimum atomic E-state index is 0.138. The Bertz CT molecular complexity index is 309. The lowest BCUT2D eigenvalue weighted by Crippen LogP contribution is -2.52. The first-order chi connectivity index (χ1) is 9.04. The average Bonchev–Trinajstić information content (AvgIpc) is 3.23. The van der Waals surface area contributed by atoms with E-state index in [-0.39, 0.29) is 6.03 Å². The van der Waals surface area contributed by atoms with Crippen molar-refractivity contribution in [1.82, 2.24) is 14.7 Å². The summed E-state index contributed by atoms with van der Waals surface area (Å²) < 4.78 is 0. The van der Waals surface area contributed by atoms with Crippen LogP contribution in [0.25, 0.3) is 0 Å². The van der Waals surface area contributed by atoms with Crippen LogP contribution in [0.1, 0.15) is 25.7 Å². The fourth-order valence-electron chi connectivity index (χ4n) is 3.19. The van der Waals surface area contributed by atoms with Crippen molar-refractivity contribution in [1.29, 1.82) is 0 Å². The molecule has 0 bridgehead atoms. The van der Waals surface area contributed by atoms with E-state index < -0.39 is 0 Å². The molecule has 1 aliphatic heterocycles. The van der Waals surface area contributed by atoms with Gasteiger partial charge in [-0.15, -0.1) is 0 Å². The number of nitrogens with two attached hydrogens (primary N) is 1. The maximum atomic E-state index is 11.9. The van der Waals surface area contributed by atoms with Crippen LogP contribution in [-0.2, 0) is 0 Å². The van der Waals surface area contributed by atoms with E-state index in [9.17, 15) is 4.79 Å².